The number of hydrogen-bond donors (Lipinski definition) is 2. The van der Waals surface area contributed by atoms with E-state index in [-0.39, 0.29) is 18.1 Å². The van der Waals surface area contributed by atoms with Crippen LogP contribution in [-0.4, -0.2) is 31.0 Å². The lowest BCUT2D eigenvalue weighted by molar-refractivity contribution is -0.384. The van der Waals surface area contributed by atoms with Crippen LogP contribution in [0.2, 0.25) is 0 Å². The maximum absolute atomic E-state index is 11.9. The van der Waals surface area contributed by atoms with Gasteiger partial charge in [-0.3, -0.25) is 14.9 Å². The maximum Gasteiger partial charge on any atom is 0.271 e. The molecule has 2 aromatic carbocycles. The van der Waals surface area contributed by atoms with Gasteiger partial charge in [0, 0.05) is 18.7 Å². The Kier molecular flexibility index (Phi) is 6.76. The molecule has 0 aromatic heterocycles. The van der Waals surface area contributed by atoms with Crippen molar-refractivity contribution in [2.75, 3.05) is 25.5 Å². The first kappa shape index (κ1) is 18.3. The first-order valence-electron chi connectivity index (χ1n) is 7.97. The van der Waals surface area contributed by atoms with Crippen molar-refractivity contribution in [3.05, 3.63) is 64.2 Å². The van der Waals surface area contributed by atoms with E-state index in [1.54, 1.807) is 0 Å². The Morgan fingerprint density at radius 3 is 2.64 bits per heavy atom. The molecule has 132 valence electrons. The number of benzene rings is 2. The van der Waals surface area contributed by atoms with Crippen LogP contribution in [0.25, 0.3) is 0 Å². The molecule has 0 radical (unpaired) electrons. The van der Waals surface area contributed by atoms with E-state index in [1.807, 2.05) is 18.2 Å². The average Bonchev–Trinajstić information content (AvgIpc) is 2.64. The van der Waals surface area contributed by atoms with Gasteiger partial charge in [-0.1, -0.05) is 30.3 Å². The van der Waals surface area contributed by atoms with Crippen LogP contribution in [0.4, 0.5) is 11.4 Å². The fourth-order valence-electron chi connectivity index (χ4n) is 2.35. The van der Waals surface area contributed by atoms with E-state index in [2.05, 4.69) is 22.8 Å². The van der Waals surface area contributed by atoms with Gasteiger partial charge in [0.05, 0.1) is 24.3 Å². The molecule has 0 aliphatic heterocycles. The molecular formula is C18H21N3O4. The molecule has 2 N–H and O–H groups in total. The third-order valence-corrected chi connectivity index (χ3v) is 3.64. The number of carbonyl (C=O) groups excluding carboxylic acids is 1. The van der Waals surface area contributed by atoms with Gasteiger partial charge in [-0.05, 0) is 24.5 Å². The third kappa shape index (κ3) is 5.80. The van der Waals surface area contributed by atoms with Crippen molar-refractivity contribution in [2.45, 2.75) is 12.8 Å². The zero-order valence-corrected chi connectivity index (χ0v) is 14.0. The summed E-state index contributed by atoms with van der Waals surface area (Å²) in [5.74, 6) is 0.268. The Hall–Kier alpha value is -3.09. The maximum atomic E-state index is 11.9. The monoisotopic (exact) mass is 343 g/mol. The number of ether oxygens (including phenoxy) is 1. The van der Waals surface area contributed by atoms with Gasteiger partial charge >= 0.3 is 0 Å². The molecule has 2 rings (SSSR count). The van der Waals surface area contributed by atoms with Gasteiger partial charge in [-0.2, -0.15) is 0 Å². The van der Waals surface area contributed by atoms with Gasteiger partial charge in [0.1, 0.15) is 5.75 Å². The molecular weight excluding hydrogens is 322 g/mol. The van der Waals surface area contributed by atoms with Crippen LogP contribution >= 0.6 is 0 Å². The number of anilines is 1. The van der Waals surface area contributed by atoms with E-state index in [1.165, 1.54) is 30.9 Å². The molecule has 0 heterocycles. The minimum atomic E-state index is -0.492. The first-order valence-corrected chi connectivity index (χ1v) is 7.97. The lowest BCUT2D eigenvalue weighted by atomic mass is 10.1. The molecule has 2 aromatic rings. The first-order chi connectivity index (χ1) is 12.1. The number of nitrogens with one attached hydrogen (secondary N) is 2. The van der Waals surface area contributed by atoms with Crippen molar-refractivity contribution in [1.29, 1.82) is 0 Å². The number of nitrogens with zero attached hydrogens (tertiary/aromatic N) is 1. The number of carbonyl (C=O) groups is 1. The van der Waals surface area contributed by atoms with Crippen LogP contribution in [0.1, 0.15) is 12.0 Å². The largest absolute Gasteiger partial charge is 0.495 e. The predicted octanol–water partition coefficient (Wildman–Crippen LogP) is 2.76. The van der Waals surface area contributed by atoms with Gasteiger partial charge in [0.2, 0.25) is 5.91 Å². The Morgan fingerprint density at radius 1 is 1.20 bits per heavy atom. The van der Waals surface area contributed by atoms with E-state index < -0.39 is 4.92 Å². The molecule has 0 saturated carbocycles. The van der Waals surface area contributed by atoms with E-state index in [0.29, 0.717) is 18.0 Å². The second-order valence-corrected chi connectivity index (χ2v) is 5.43. The van der Waals surface area contributed by atoms with Crippen molar-refractivity contribution in [3.8, 4) is 5.75 Å². The number of hydrogen-bond acceptors (Lipinski definition) is 5. The smallest absolute Gasteiger partial charge is 0.271 e. The molecule has 0 bridgehead atoms. The fourth-order valence-corrected chi connectivity index (χ4v) is 2.35. The van der Waals surface area contributed by atoms with Crippen LogP contribution in [-0.2, 0) is 11.2 Å². The lowest BCUT2D eigenvalue weighted by Gasteiger charge is -2.11. The second-order valence-electron chi connectivity index (χ2n) is 5.43. The molecule has 1 amide bonds. The molecule has 0 aliphatic carbocycles. The molecule has 0 aliphatic rings. The molecule has 0 atom stereocenters. The molecule has 0 spiro atoms. The Bertz CT molecular complexity index is 720. The van der Waals surface area contributed by atoms with E-state index in [4.69, 9.17) is 4.74 Å². The quantitative estimate of drug-likeness (QED) is 0.415. The summed E-state index contributed by atoms with van der Waals surface area (Å²) in [4.78, 5) is 22.2. The summed E-state index contributed by atoms with van der Waals surface area (Å²) in [7, 11) is 1.47. The summed E-state index contributed by atoms with van der Waals surface area (Å²) in [5.41, 5.74) is 1.58. The topological polar surface area (TPSA) is 93.5 Å². The minimum Gasteiger partial charge on any atom is -0.495 e. The standard InChI is InChI=1S/C18H21N3O4/c1-25-17-10-9-15(21(23)24)12-16(17)20-13-18(22)19-11-5-8-14-6-3-2-4-7-14/h2-4,6-7,9-10,12,20H,5,8,11,13H2,1H3,(H,19,22). The SMILES string of the molecule is COc1ccc([N+](=O)[O-])cc1NCC(=O)NCCCc1ccccc1. The van der Waals surface area contributed by atoms with Crippen LogP contribution in [0.15, 0.2) is 48.5 Å². The summed E-state index contributed by atoms with van der Waals surface area (Å²) in [6.45, 7) is 0.588. The fraction of sp³-hybridized carbons (Fsp3) is 0.278. The molecule has 7 heteroatoms. The van der Waals surface area contributed by atoms with Gasteiger partial charge in [0.15, 0.2) is 0 Å². The normalized spacial score (nSPS) is 10.1. The van der Waals surface area contributed by atoms with E-state index >= 15 is 0 Å². The van der Waals surface area contributed by atoms with E-state index in [0.717, 1.165) is 12.8 Å². The average molecular weight is 343 g/mol. The van der Waals surface area contributed by atoms with Crippen molar-refractivity contribution < 1.29 is 14.5 Å². The van der Waals surface area contributed by atoms with Gasteiger partial charge in [-0.25, -0.2) is 0 Å². The van der Waals surface area contributed by atoms with Crippen LogP contribution < -0.4 is 15.4 Å². The summed E-state index contributed by atoms with van der Waals surface area (Å²) in [5, 5.41) is 16.5. The van der Waals surface area contributed by atoms with Gasteiger partial charge < -0.3 is 15.4 Å². The van der Waals surface area contributed by atoms with Gasteiger partial charge in [0.25, 0.3) is 5.69 Å². The number of aryl methyl sites for hydroxylation is 1. The van der Waals surface area contributed by atoms with Crippen molar-refractivity contribution in [2.24, 2.45) is 0 Å². The zero-order valence-electron chi connectivity index (χ0n) is 14.0. The Balaban J connectivity index is 1.77. The highest BCUT2D eigenvalue weighted by molar-refractivity contribution is 5.81. The number of methoxy groups -OCH3 is 1. The summed E-state index contributed by atoms with van der Waals surface area (Å²) < 4.78 is 5.14. The van der Waals surface area contributed by atoms with E-state index in [9.17, 15) is 14.9 Å². The minimum absolute atomic E-state index is 0.0167. The summed E-state index contributed by atoms with van der Waals surface area (Å²) >= 11 is 0. The van der Waals surface area contributed by atoms with Crippen molar-refractivity contribution in [3.63, 3.8) is 0 Å². The third-order valence-electron chi connectivity index (χ3n) is 3.64. The van der Waals surface area contributed by atoms with Crippen LogP contribution in [0.3, 0.4) is 0 Å². The molecule has 25 heavy (non-hydrogen) atoms. The second kappa shape index (κ2) is 9.27. The van der Waals surface area contributed by atoms with Crippen molar-refractivity contribution >= 4 is 17.3 Å². The van der Waals surface area contributed by atoms with Crippen LogP contribution in [0, 0.1) is 10.1 Å². The highest BCUT2D eigenvalue weighted by atomic mass is 16.6. The Morgan fingerprint density at radius 2 is 1.96 bits per heavy atom. The van der Waals surface area contributed by atoms with Gasteiger partial charge in [-0.15, -0.1) is 0 Å². The number of rotatable bonds is 9. The number of nitro benzene ring substituents is 1. The molecule has 0 fully saturated rings. The summed E-state index contributed by atoms with van der Waals surface area (Å²) in [6.07, 6.45) is 1.74. The number of amides is 1. The molecule has 7 nitrogen and oxygen atoms in total. The Labute approximate surface area is 146 Å². The zero-order chi connectivity index (χ0) is 18.1. The van der Waals surface area contributed by atoms with Crippen molar-refractivity contribution in [1.82, 2.24) is 5.32 Å². The molecule has 0 saturated heterocycles. The molecule has 0 unspecified atom stereocenters. The number of nitro groups is 1. The highest BCUT2D eigenvalue weighted by Crippen LogP contribution is 2.28. The highest BCUT2D eigenvalue weighted by Gasteiger charge is 2.12. The van der Waals surface area contributed by atoms with Crippen LogP contribution in [0.5, 0.6) is 5.75 Å². The number of non-ortho nitro benzene ring substituents is 1. The summed E-state index contributed by atoms with van der Waals surface area (Å²) in [6, 6.07) is 14.3. The predicted molar refractivity (Wildman–Crippen MR) is 95.9 cm³/mol. The lowest BCUT2D eigenvalue weighted by Crippen LogP contribution is -2.30.